The average Bonchev–Trinajstić information content (AvgIpc) is 3.20. The topological polar surface area (TPSA) is 68.1 Å². The Morgan fingerprint density at radius 1 is 1.33 bits per heavy atom. The smallest absolute Gasteiger partial charge is 0.167 e. The average molecular weight is 391 g/mol. The molecule has 0 amide bonds. The van der Waals surface area contributed by atoms with Crippen LogP contribution in [0.2, 0.25) is 0 Å². The first-order chi connectivity index (χ1) is 12.9. The van der Waals surface area contributed by atoms with Gasteiger partial charge in [-0.1, -0.05) is 33.0 Å². The van der Waals surface area contributed by atoms with E-state index in [0.717, 1.165) is 47.2 Å². The Morgan fingerprint density at radius 3 is 2.67 bits per heavy atom. The summed E-state index contributed by atoms with van der Waals surface area (Å²) < 4.78 is 8.42. The lowest BCUT2D eigenvalue weighted by atomic mass is 9.91. The van der Waals surface area contributed by atoms with Crippen LogP contribution in [0.4, 0.5) is 5.82 Å². The highest BCUT2D eigenvalue weighted by molar-refractivity contribution is 7.80. The largest absolute Gasteiger partial charge is 0.371 e. The zero-order chi connectivity index (χ0) is 19.7. The number of likely N-dealkylation sites (N-methyl/N-ethyl adjacent to an activating group) is 1. The van der Waals surface area contributed by atoms with Gasteiger partial charge in [-0.15, -0.1) is 0 Å². The van der Waals surface area contributed by atoms with Crippen molar-refractivity contribution in [3.05, 3.63) is 12.2 Å². The fraction of sp³-hybridized carbons (Fsp3) is 0.684. The molecule has 0 spiro atoms. The lowest BCUT2D eigenvalue weighted by molar-refractivity contribution is -0.0120. The number of ether oxygens (including phenoxy) is 1. The molecule has 3 heterocycles. The van der Waals surface area contributed by atoms with Crippen molar-refractivity contribution in [2.45, 2.75) is 52.9 Å². The van der Waals surface area contributed by atoms with Crippen LogP contribution < -0.4 is 5.32 Å². The molecule has 148 valence electrons. The van der Waals surface area contributed by atoms with Crippen molar-refractivity contribution in [2.24, 2.45) is 11.8 Å². The SMILES string of the molecule is CCC1OC(n2cnc3c(NC)nc(CCN(C)C(C)=S)nc32)C(C)C1C. The molecule has 2 aromatic heterocycles. The second-order valence-electron chi connectivity index (χ2n) is 7.44. The molecule has 0 saturated carbocycles. The number of nitrogens with zero attached hydrogens (tertiary/aromatic N) is 5. The van der Waals surface area contributed by atoms with E-state index in [9.17, 15) is 0 Å². The predicted molar refractivity (Wildman–Crippen MR) is 112 cm³/mol. The van der Waals surface area contributed by atoms with Crippen molar-refractivity contribution >= 4 is 34.2 Å². The highest BCUT2D eigenvalue weighted by Crippen LogP contribution is 2.41. The van der Waals surface area contributed by atoms with Gasteiger partial charge in [0, 0.05) is 33.0 Å². The van der Waals surface area contributed by atoms with Gasteiger partial charge in [-0.05, 0) is 19.3 Å². The van der Waals surface area contributed by atoms with Crippen LogP contribution in [0.25, 0.3) is 11.2 Å². The number of imidazole rings is 1. The Balaban J connectivity index is 1.95. The summed E-state index contributed by atoms with van der Waals surface area (Å²) in [5.41, 5.74) is 1.61. The van der Waals surface area contributed by atoms with E-state index in [1.54, 1.807) is 0 Å². The van der Waals surface area contributed by atoms with E-state index < -0.39 is 0 Å². The van der Waals surface area contributed by atoms with Crippen LogP contribution in [-0.4, -0.2) is 56.2 Å². The number of hydrogen-bond acceptors (Lipinski definition) is 6. The van der Waals surface area contributed by atoms with Crippen LogP contribution in [0, 0.1) is 11.8 Å². The summed E-state index contributed by atoms with van der Waals surface area (Å²) in [6.07, 6.45) is 3.79. The lowest BCUT2D eigenvalue weighted by Crippen LogP contribution is -2.25. The first-order valence-corrected chi connectivity index (χ1v) is 10.1. The predicted octanol–water partition coefficient (Wildman–Crippen LogP) is 3.27. The summed E-state index contributed by atoms with van der Waals surface area (Å²) in [5, 5.41) is 3.16. The monoisotopic (exact) mass is 390 g/mol. The van der Waals surface area contributed by atoms with Crippen molar-refractivity contribution in [3.8, 4) is 0 Å². The minimum Gasteiger partial charge on any atom is -0.371 e. The van der Waals surface area contributed by atoms with Gasteiger partial charge < -0.3 is 15.0 Å². The third-order valence-corrected chi connectivity index (χ3v) is 6.08. The molecule has 1 aliphatic heterocycles. The first-order valence-electron chi connectivity index (χ1n) is 9.65. The molecule has 1 fully saturated rings. The van der Waals surface area contributed by atoms with E-state index >= 15 is 0 Å². The van der Waals surface area contributed by atoms with E-state index in [1.807, 2.05) is 32.2 Å². The van der Waals surface area contributed by atoms with Gasteiger partial charge in [0.25, 0.3) is 0 Å². The fourth-order valence-electron chi connectivity index (χ4n) is 3.67. The van der Waals surface area contributed by atoms with Gasteiger partial charge in [0.1, 0.15) is 12.1 Å². The van der Waals surface area contributed by atoms with Crippen LogP contribution in [0.1, 0.15) is 46.2 Å². The maximum absolute atomic E-state index is 6.35. The van der Waals surface area contributed by atoms with E-state index in [4.69, 9.17) is 21.9 Å². The number of rotatable bonds is 6. The number of aromatic nitrogens is 4. The molecule has 2 aromatic rings. The van der Waals surface area contributed by atoms with Gasteiger partial charge in [0.2, 0.25) is 0 Å². The molecule has 8 heteroatoms. The van der Waals surface area contributed by atoms with E-state index in [0.29, 0.717) is 11.8 Å². The van der Waals surface area contributed by atoms with Gasteiger partial charge >= 0.3 is 0 Å². The van der Waals surface area contributed by atoms with Crippen molar-refractivity contribution in [1.29, 1.82) is 0 Å². The van der Waals surface area contributed by atoms with Gasteiger partial charge in [0.05, 0.1) is 17.4 Å². The van der Waals surface area contributed by atoms with Gasteiger partial charge in [-0.3, -0.25) is 4.57 Å². The van der Waals surface area contributed by atoms with Gasteiger partial charge in [0.15, 0.2) is 17.0 Å². The molecule has 3 rings (SSSR count). The molecular formula is C19H30N6OS. The summed E-state index contributed by atoms with van der Waals surface area (Å²) in [6, 6.07) is 0. The number of thiocarbonyl (C=S) groups is 1. The molecule has 7 nitrogen and oxygen atoms in total. The van der Waals surface area contributed by atoms with Crippen LogP contribution in [0.5, 0.6) is 0 Å². The van der Waals surface area contributed by atoms with E-state index in [1.165, 1.54) is 0 Å². The zero-order valence-corrected chi connectivity index (χ0v) is 17.9. The highest BCUT2D eigenvalue weighted by atomic mass is 32.1. The molecule has 27 heavy (non-hydrogen) atoms. The van der Waals surface area contributed by atoms with Crippen molar-refractivity contribution in [1.82, 2.24) is 24.4 Å². The van der Waals surface area contributed by atoms with Crippen LogP contribution in [-0.2, 0) is 11.2 Å². The lowest BCUT2D eigenvalue weighted by Gasteiger charge is -2.19. The first kappa shape index (κ1) is 19.9. The van der Waals surface area contributed by atoms with Crippen molar-refractivity contribution in [3.63, 3.8) is 0 Å². The highest BCUT2D eigenvalue weighted by Gasteiger charge is 2.39. The Kier molecular flexibility index (Phi) is 5.95. The molecule has 0 aromatic carbocycles. The number of fused-ring (bicyclic) bond motifs is 1. The summed E-state index contributed by atoms with van der Waals surface area (Å²) in [4.78, 5) is 16.9. The summed E-state index contributed by atoms with van der Waals surface area (Å²) in [5.74, 6) is 2.43. The number of anilines is 1. The Morgan fingerprint density at radius 2 is 2.07 bits per heavy atom. The summed E-state index contributed by atoms with van der Waals surface area (Å²) in [6.45, 7) is 9.40. The third kappa shape index (κ3) is 3.78. The molecule has 0 aliphatic carbocycles. The van der Waals surface area contributed by atoms with Crippen LogP contribution in [0.15, 0.2) is 6.33 Å². The Labute approximate surface area is 166 Å². The summed E-state index contributed by atoms with van der Waals surface area (Å²) in [7, 11) is 3.85. The molecule has 1 aliphatic rings. The molecular weight excluding hydrogens is 360 g/mol. The van der Waals surface area contributed by atoms with Crippen LogP contribution >= 0.6 is 12.2 Å². The van der Waals surface area contributed by atoms with E-state index in [2.05, 4.69) is 40.6 Å². The quantitative estimate of drug-likeness (QED) is 0.759. The molecule has 4 unspecified atom stereocenters. The third-order valence-electron chi connectivity index (χ3n) is 5.77. The standard InChI is InChI=1S/C19H30N6OS/c1-7-14-11(2)12(3)19(26-14)25-10-21-16-17(20-5)22-15(23-18(16)25)8-9-24(6)13(4)27/h10-12,14,19H,7-9H2,1-6H3,(H,20,22,23). The van der Waals surface area contributed by atoms with Gasteiger partial charge in [-0.25, -0.2) is 15.0 Å². The number of hydrogen-bond donors (Lipinski definition) is 1. The normalized spacial score (nSPS) is 25.1. The molecule has 1 saturated heterocycles. The molecule has 1 N–H and O–H groups in total. The number of nitrogens with one attached hydrogen (secondary N) is 1. The van der Waals surface area contributed by atoms with E-state index in [-0.39, 0.29) is 12.3 Å². The summed E-state index contributed by atoms with van der Waals surface area (Å²) >= 11 is 5.23. The zero-order valence-electron chi connectivity index (χ0n) is 17.1. The minimum atomic E-state index is -0.0479. The second kappa shape index (κ2) is 8.06. The van der Waals surface area contributed by atoms with Gasteiger partial charge in [-0.2, -0.15) is 0 Å². The minimum absolute atomic E-state index is 0.0479. The molecule has 0 bridgehead atoms. The Bertz CT molecular complexity index is 822. The maximum atomic E-state index is 6.35. The Hall–Kier alpha value is -1.80. The molecule has 0 radical (unpaired) electrons. The van der Waals surface area contributed by atoms with Crippen molar-refractivity contribution < 1.29 is 4.74 Å². The van der Waals surface area contributed by atoms with Crippen LogP contribution in [0.3, 0.4) is 0 Å². The van der Waals surface area contributed by atoms with Crippen molar-refractivity contribution in [2.75, 3.05) is 26.0 Å². The fourth-order valence-corrected chi connectivity index (χ4v) is 3.76. The maximum Gasteiger partial charge on any atom is 0.167 e. The second-order valence-corrected chi connectivity index (χ2v) is 8.04. The molecule has 4 atom stereocenters.